The maximum absolute atomic E-state index is 3.57. The molecule has 2 atom stereocenters. The molecule has 0 fully saturated rings. The van der Waals surface area contributed by atoms with E-state index in [0.717, 1.165) is 19.6 Å². The van der Waals surface area contributed by atoms with Gasteiger partial charge in [0.2, 0.25) is 0 Å². The number of nitrogens with one attached hydrogen (secondary N) is 1. The van der Waals surface area contributed by atoms with Crippen LogP contribution in [-0.4, -0.2) is 61.2 Å². The summed E-state index contributed by atoms with van der Waals surface area (Å²) in [6.45, 7) is 17.1. The molecule has 2 unspecified atom stereocenters. The van der Waals surface area contributed by atoms with Gasteiger partial charge < -0.3 is 10.2 Å². The van der Waals surface area contributed by atoms with Crippen molar-refractivity contribution in [1.82, 2.24) is 15.1 Å². The molecule has 0 amide bonds. The zero-order valence-corrected chi connectivity index (χ0v) is 14.6. The van der Waals surface area contributed by atoms with Crippen LogP contribution in [0.2, 0.25) is 0 Å². The topological polar surface area (TPSA) is 18.5 Å². The van der Waals surface area contributed by atoms with E-state index in [1.807, 2.05) is 0 Å². The van der Waals surface area contributed by atoms with Gasteiger partial charge >= 0.3 is 0 Å². The van der Waals surface area contributed by atoms with E-state index < -0.39 is 0 Å². The number of hydrogen-bond donors (Lipinski definition) is 1. The summed E-state index contributed by atoms with van der Waals surface area (Å²) in [6.07, 6.45) is 2.53. The Bertz CT molecular complexity index is 221. The first-order chi connectivity index (χ1) is 8.67. The second-order valence-electron chi connectivity index (χ2n) is 7.11. The van der Waals surface area contributed by atoms with Crippen molar-refractivity contribution in [3.8, 4) is 0 Å². The van der Waals surface area contributed by atoms with Gasteiger partial charge in [0.1, 0.15) is 0 Å². The minimum Gasteiger partial charge on any atom is -0.312 e. The number of likely N-dealkylation sites (N-methyl/N-ethyl adjacent to an activating group) is 2. The quantitative estimate of drug-likeness (QED) is 0.651. The molecule has 3 nitrogen and oxygen atoms in total. The Kier molecular flexibility index (Phi) is 8.88. The Morgan fingerprint density at radius 1 is 1.05 bits per heavy atom. The van der Waals surface area contributed by atoms with E-state index in [2.05, 4.69) is 70.8 Å². The van der Waals surface area contributed by atoms with Crippen molar-refractivity contribution in [3.63, 3.8) is 0 Å². The van der Waals surface area contributed by atoms with E-state index >= 15 is 0 Å². The highest BCUT2D eigenvalue weighted by Gasteiger charge is 2.18. The van der Waals surface area contributed by atoms with Gasteiger partial charge in [-0.15, -0.1) is 0 Å². The summed E-state index contributed by atoms with van der Waals surface area (Å²) in [5, 5.41) is 3.57. The van der Waals surface area contributed by atoms with E-state index in [1.54, 1.807) is 0 Å². The van der Waals surface area contributed by atoms with Crippen molar-refractivity contribution in [2.24, 2.45) is 0 Å². The average molecular weight is 271 g/mol. The van der Waals surface area contributed by atoms with Gasteiger partial charge in [0.15, 0.2) is 0 Å². The van der Waals surface area contributed by atoms with Gasteiger partial charge in [-0.05, 0) is 74.6 Å². The Hall–Kier alpha value is -0.120. The number of nitrogens with zero attached hydrogens (tertiary/aromatic N) is 2. The highest BCUT2D eigenvalue weighted by molar-refractivity contribution is 4.76. The lowest BCUT2D eigenvalue weighted by Crippen LogP contribution is -2.45. The normalized spacial score (nSPS) is 16.1. The lowest BCUT2D eigenvalue weighted by molar-refractivity contribution is 0.129. The zero-order chi connectivity index (χ0) is 15.1. The molecule has 0 heterocycles. The van der Waals surface area contributed by atoms with Crippen molar-refractivity contribution >= 4 is 0 Å². The lowest BCUT2D eigenvalue weighted by Gasteiger charge is -2.35. The van der Waals surface area contributed by atoms with Crippen LogP contribution < -0.4 is 5.32 Å². The lowest BCUT2D eigenvalue weighted by atomic mass is 10.1. The van der Waals surface area contributed by atoms with E-state index in [9.17, 15) is 0 Å². The van der Waals surface area contributed by atoms with Crippen molar-refractivity contribution in [3.05, 3.63) is 0 Å². The van der Waals surface area contributed by atoms with E-state index in [0.29, 0.717) is 12.1 Å². The Balaban J connectivity index is 4.04. The van der Waals surface area contributed by atoms with Crippen molar-refractivity contribution in [2.45, 2.75) is 72.0 Å². The smallest absolute Gasteiger partial charge is 0.0197 e. The molecule has 1 N–H and O–H groups in total. The molecule has 0 saturated heterocycles. The molecule has 0 rings (SSSR count). The van der Waals surface area contributed by atoms with Crippen LogP contribution in [0.25, 0.3) is 0 Å². The first-order valence-electron chi connectivity index (χ1n) is 7.83. The minimum absolute atomic E-state index is 0.242. The fraction of sp³-hybridized carbons (Fsp3) is 1.00. The minimum atomic E-state index is 0.242. The molecule has 0 radical (unpaired) electrons. The zero-order valence-electron chi connectivity index (χ0n) is 14.6. The SMILES string of the molecule is CCN(C(C)CCCNC(C)(C)C)C(C)CN(C)C. The van der Waals surface area contributed by atoms with Crippen LogP contribution in [0.3, 0.4) is 0 Å². The van der Waals surface area contributed by atoms with Crippen molar-refractivity contribution < 1.29 is 0 Å². The number of hydrogen-bond acceptors (Lipinski definition) is 3. The van der Waals surface area contributed by atoms with Crippen LogP contribution in [0, 0.1) is 0 Å². The predicted octanol–water partition coefficient (Wildman–Crippen LogP) is 2.82. The van der Waals surface area contributed by atoms with Gasteiger partial charge in [-0.2, -0.15) is 0 Å². The Morgan fingerprint density at radius 2 is 1.63 bits per heavy atom. The van der Waals surface area contributed by atoms with Crippen LogP contribution in [0.5, 0.6) is 0 Å². The molecule has 0 spiro atoms. The van der Waals surface area contributed by atoms with Crippen molar-refractivity contribution in [1.29, 1.82) is 0 Å². The molecule has 0 aliphatic carbocycles. The summed E-state index contributed by atoms with van der Waals surface area (Å²) in [5.41, 5.74) is 0.242. The molecule has 3 heteroatoms. The maximum Gasteiger partial charge on any atom is 0.0197 e. The second kappa shape index (κ2) is 8.93. The fourth-order valence-electron chi connectivity index (χ4n) is 2.72. The Labute approximate surface area is 121 Å². The van der Waals surface area contributed by atoms with Crippen LogP contribution >= 0.6 is 0 Å². The summed E-state index contributed by atoms with van der Waals surface area (Å²) in [6, 6.07) is 1.30. The van der Waals surface area contributed by atoms with Crippen molar-refractivity contribution in [2.75, 3.05) is 33.7 Å². The van der Waals surface area contributed by atoms with E-state index in [-0.39, 0.29) is 5.54 Å². The first kappa shape index (κ1) is 18.9. The van der Waals surface area contributed by atoms with Crippen LogP contribution in [0.15, 0.2) is 0 Å². The van der Waals surface area contributed by atoms with Gasteiger partial charge in [0.25, 0.3) is 0 Å². The molecular weight excluding hydrogens is 234 g/mol. The summed E-state index contributed by atoms with van der Waals surface area (Å²) >= 11 is 0. The second-order valence-corrected chi connectivity index (χ2v) is 7.11. The van der Waals surface area contributed by atoms with Gasteiger partial charge in [-0.1, -0.05) is 6.92 Å². The van der Waals surface area contributed by atoms with Gasteiger partial charge in [0.05, 0.1) is 0 Å². The fourth-order valence-corrected chi connectivity index (χ4v) is 2.72. The molecule has 19 heavy (non-hydrogen) atoms. The summed E-state index contributed by atoms with van der Waals surface area (Å²) in [4.78, 5) is 4.90. The molecule has 0 saturated carbocycles. The number of rotatable bonds is 9. The predicted molar refractivity (Wildman–Crippen MR) is 86.8 cm³/mol. The molecule has 0 aromatic rings. The third kappa shape index (κ3) is 9.42. The van der Waals surface area contributed by atoms with E-state index in [4.69, 9.17) is 0 Å². The third-order valence-corrected chi connectivity index (χ3v) is 3.58. The van der Waals surface area contributed by atoms with Gasteiger partial charge in [-0.3, -0.25) is 4.90 Å². The van der Waals surface area contributed by atoms with Crippen LogP contribution in [0.1, 0.15) is 54.4 Å². The molecule has 0 bridgehead atoms. The summed E-state index contributed by atoms with van der Waals surface area (Å²) in [7, 11) is 4.31. The molecular formula is C16H37N3. The Morgan fingerprint density at radius 3 is 2.05 bits per heavy atom. The molecule has 0 aromatic carbocycles. The first-order valence-corrected chi connectivity index (χ1v) is 7.83. The van der Waals surface area contributed by atoms with Gasteiger partial charge in [0, 0.05) is 24.2 Å². The molecule has 116 valence electrons. The largest absolute Gasteiger partial charge is 0.312 e. The molecule has 0 aromatic heterocycles. The van der Waals surface area contributed by atoms with Crippen LogP contribution in [-0.2, 0) is 0 Å². The highest BCUT2D eigenvalue weighted by atomic mass is 15.2. The molecule has 0 aliphatic heterocycles. The monoisotopic (exact) mass is 271 g/mol. The maximum atomic E-state index is 3.57. The third-order valence-electron chi connectivity index (χ3n) is 3.58. The van der Waals surface area contributed by atoms with E-state index in [1.165, 1.54) is 12.8 Å². The summed E-state index contributed by atoms with van der Waals surface area (Å²) in [5.74, 6) is 0. The molecule has 0 aliphatic rings. The summed E-state index contributed by atoms with van der Waals surface area (Å²) < 4.78 is 0. The van der Waals surface area contributed by atoms with Crippen LogP contribution in [0.4, 0.5) is 0 Å². The van der Waals surface area contributed by atoms with Gasteiger partial charge in [-0.25, -0.2) is 0 Å². The average Bonchev–Trinajstić information content (AvgIpc) is 2.23. The standard InChI is InChI=1S/C16H37N3/c1-9-19(15(3)13-18(7)8)14(2)11-10-12-17-16(4,5)6/h14-15,17H,9-13H2,1-8H3. The highest BCUT2D eigenvalue weighted by Crippen LogP contribution is 2.11.